The van der Waals surface area contributed by atoms with Gasteiger partial charge in [-0.2, -0.15) is 0 Å². The van der Waals surface area contributed by atoms with Crippen LogP contribution in [0.15, 0.2) is 0 Å². The van der Waals surface area contributed by atoms with Crippen molar-refractivity contribution in [3.05, 3.63) is 0 Å². The van der Waals surface area contributed by atoms with Gasteiger partial charge in [-0.1, -0.05) is 0 Å². The second-order valence-electron chi connectivity index (χ2n) is 5.08. The summed E-state index contributed by atoms with van der Waals surface area (Å²) in [5.74, 6) is 0. The molecule has 0 aromatic carbocycles. The van der Waals surface area contributed by atoms with E-state index in [1.54, 1.807) is 0 Å². The Labute approximate surface area is 115 Å². The maximum Gasteiger partial charge on any atom is 0.407 e. The van der Waals surface area contributed by atoms with Crippen molar-refractivity contribution in [3.8, 4) is 0 Å². The smallest absolute Gasteiger partial charge is 0.407 e. The predicted molar refractivity (Wildman–Crippen MR) is 72.2 cm³/mol. The zero-order chi connectivity index (χ0) is 14.6. The van der Waals surface area contributed by atoms with Gasteiger partial charge in [-0.15, -0.1) is 0 Å². The van der Waals surface area contributed by atoms with Gasteiger partial charge in [0.15, 0.2) is 0 Å². The van der Waals surface area contributed by atoms with Gasteiger partial charge in [-0.05, 0) is 33.6 Å². The van der Waals surface area contributed by atoms with E-state index in [1.807, 2.05) is 20.8 Å². The Morgan fingerprint density at radius 2 is 1.63 bits per heavy atom. The zero-order valence-electron chi connectivity index (χ0n) is 12.2. The number of aliphatic hydroxyl groups is 1. The standard InChI is InChI=1S/C13H27NO5/c1-13(2,3)19-12(16)14-6-4-8-17-10-11-18-9-5-7-15/h15H,4-11H2,1-3H3,(H,14,16). The summed E-state index contributed by atoms with van der Waals surface area (Å²) in [6, 6.07) is 0. The predicted octanol–water partition coefficient (Wildman–Crippen LogP) is 1.32. The van der Waals surface area contributed by atoms with E-state index >= 15 is 0 Å². The Balaban J connectivity index is 3.21. The highest BCUT2D eigenvalue weighted by molar-refractivity contribution is 5.67. The first-order valence-corrected chi connectivity index (χ1v) is 6.69. The van der Waals surface area contributed by atoms with E-state index in [4.69, 9.17) is 19.3 Å². The van der Waals surface area contributed by atoms with Crippen molar-refractivity contribution >= 4 is 6.09 Å². The highest BCUT2D eigenvalue weighted by Crippen LogP contribution is 2.06. The van der Waals surface area contributed by atoms with E-state index in [2.05, 4.69) is 5.32 Å². The molecule has 0 saturated carbocycles. The van der Waals surface area contributed by atoms with Gasteiger partial charge in [0.05, 0.1) is 13.2 Å². The van der Waals surface area contributed by atoms with Crippen LogP contribution in [0.4, 0.5) is 4.79 Å². The fraction of sp³-hybridized carbons (Fsp3) is 0.923. The van der Waals surface area contributed by atoms with Gasteiger partial charge in [0.1, 0.15) is 5.60 Å². The van der Waals surface area contributed by atoms with Crippen LogP contribution in [0.1, 0.15) is 33.6 Å². The molecule has 0 aliphatic carbocycles. The molecule has 0 aromatic rings. The second-order valence-corrected chi connectivity index (χ2v) is 5.08. The lowest BCUT2D eigenvalue weighted by Crippen LogP contribution is -2.33. The lowest BCUT2D eigenvalue weighted by Gasteiger charge is -2.19. The minimum Gasteiger partial charge on any atom is -0.444 e. The Kier molecular flexibility index (Phi) is 10.5. The maximum atomic E-state index is 11.3. The summed E-state index contributed by atoms with van der Waals surface area (Å²) in [5, 5.41) is 11.2. The molecule has 6 nitrogen and oxygen atoms in total. The third-order valence-corrected chi connectivity index (χ3v) is 1.95. The van der Waals surface area contributed by atoms with Crippen LogP contribution in [-0.2, 0) is 14.2 Å². The van der Waals surface area contributed by atoms with Gasteiger partial charge in [-0.3, -0.25) is 0 Å². The van der Waals surface area contributed by atoms with Gasteiger partial charge in [-0.25, -0.2) is 4.79 Å². The summed E-state index contributed by atoms with van der Waals surface area (Å²) >= 11 is 0. The second kappa shape index (κ2) is 11.0. The quantitative estimate of drug-likeness (QED) is 0.589. The molecule has 6 heteroatoms. The number of nitrogens with one attached hydrogen (secondary N) is 1. The molecule has 0 heterocycles. The third-order valence-electron chi connectivity index (χ3n) is 1.95. The van der Waals surface area contributed by atoms with Crippen LogP contribution in [0.3, 0.4) is 0 Å². The molecule has 0 aliphatic rings. The van der Waals surface area contributed by atoms with Crippen LogP contribution < -0.4 is 5.32 Å². The van der Waals surface area contributed by atoms with Crippen LogP contribution in [0.25, 0.3) is 0 Å². The molecule has 0 unspecified atom stereocenters. The number of hydrogen-bond acceptors (Lipinski definition) is 5. The van der Waals surface area contributed by atoms with Crippen LogP contribution in [0.2, 0.25) is 0 Å². The van der Waals surface area contributed by atoms with Crippen LogP contribution >= 0.6 is 0 Å². The molecule has 0 aliphatic heterocycles. The lowest BCUT2D eigenvalue weighted by molar-refractivity contribution is 0.0397. The number of amides is 1. The van der Waals surface area contributed by atoms with Gasteiger partial charge in [0.25, 0.3) is 0 Å². The molecule has 0 aromatic heterocycles. The van der Waals surface area contributed by atoms with Crippen molar-refractivity contribution in [2.45, 2.75) is 39.2 Å². The molecule has 0 radical (unpaired) electrons. The summed E-state index contributed by atoms with van der Waals surface area (Å²) in [4.78, 5) is 11.3. The highest BCUT2D eigenvalue weighted by Gasteiger charge is 2.15. The number of ether oxygens (including phenoxy) is 3. The summed E-state index contributed by atoms with van der Waals surface area (Å²) in [6.07, 6.45) is 0.982. The number of carbonyl (C=O) groups is 1. The molecule has 0 bridgehead atoms. The van der Waals surface area contributed by atoms with Crippen molar-refractivity contribution < 1.29 is 24.1 Å². The monoisotopic (exact) mass is 277 g/mol. The van der Waals surface area contributed by atoms with E-state index in [1.165, 1.54) is 0 Å². The minimum atomic E-state index is -0.466. The fourth-order valence-corrected chi connectivity index (χ4v) is 1.17. The molecule has 0 rings (SSSR count). The maximum absolute atomic E-state index is 11.3. The van der Waals surface area contributed by atoms with Crippen molar-refractivity contribution in [2.24, 2.45) is 0 Å². The van der Waals surface area contributed by atoms with Crippen molar-refractivity contribution in [3.63, 3.8) is 0 Å². The van der Waals surface area contributed by atoms with Crippen LogP contribution in [0.5, 0.6) is 0 Å². The SMILES string of the molecule is CC(C)(C)OC(=O)NCCCOCCOCCCO. The molecule has 0 spiro atoms. The van der Waals surface area contributed by atoms with E-state index in [0.717, 1.165) is 6.42 Å². The number of aliphatic hydroxyl groups excluding tert-OH is 1. The number of carbonyl (C=O) groups excluding carboxylic acids is 1. The van der Waals surface area contributed by atoms with E-state index in [0.29, 0.717) is 39.4 Å². The third kappa shape index (κ3) is 15.1. The molecular weight excluding hydrogens is 250 g/mol. The fourth-order valence-electron chi connectivity index (χ4n) is 1.17. The average Bonchev–Trinajstić information content (AvgIpc) is 2.29. The first kappa shape index (κ1) is 18.1. The number of hydrogen-bond donors (Lipinski definition) is 2. The Morgan fingerprint density at radius 3 is 2.16 bits per heavy atom. The topological polar surface area (TPSA) is 77.0 Å². The Bertz CT molecular complexity index is 228. The molecule has 0 atom stereocenters. The summed E-state index contributed by atoms with van der Waals surface area (Å²) in [6.45, 7) is 8.33. The first-order valence-electron chi connectivity index (χ1n) is 6.69. The van der Waals surface area contributed by atoms with Crippen LogP contribution in [0, 0.1) is 0 Å². The van der Waals surface area contributed by atoms with Gasteiger partial charge >= 0.3 is 6.09 Å². The van der Waals surface area contributed by atoms with Gasteiger partial charge in [0, 0.05) is 26.4 Å². The summed E-state index contributed by atoms with van der Waals surface area (Å²) in [5.41, 5.74) is -0.466. The highest BCUT2D eigenvalue weighted by atomic mass is 16.6. The van der Waals surface area contributed by atoms with E-state index in [9.17, 15) is 4.79 Å². The lowest BCUT2D eigenvalue weighted by atomic mass is 10.2. The largest absolute Gasteiger partial charge is 0.444 e. The van der Waals surface area contributed by atoms with Crippen LogP contribution in [-0.4, -0.2) is 56.4 Å². The first-order chi connectivity index (χ1) is 8.95. The van der Waals surface area contributed by atoms with Crippen molar-refractivity contribution in [1.29, 1.82) is 0 Å². The van der Waals surface area contributed by atoms with E-state index < -0.39 is 11.7 Å². The Hall–Kier alpha value is -0.850. The van der Waals surface area contributed by atoms with Crippen molar-refractivity contribution in [2.75, 3.05) is 39.6 Å². The van der Waals surface area contributed by atoms with Gasteiger partial charge < -0.3 is 24.6 Å². The molecule has 19 heavy (non-hydrogen) atoms. The van der Waals surface area contributed by atoms with Gasteiger partial charge in [0.2, 0.25) is 0 Å². The summed E-state index contributed by atoms with van der Waals surface area (Å²) in [7, 11) is 0. The number of alkyl carbamates (subject to hydrolysis) is 1. The molecule has 0 fully saturated rings. The minimum absolute atomic E-state index is 0.150. The molecule has 0 saturated heterocycles. The van der Waals surface area contributed by atoms with Crippen molar-refractivity contribution in [1.82, 2.24) is 5.32 Å². The molecule has 114 valence electrons. The molecule has 1 amide bonds. The zero-order valence-corrected chi connectivity index (χ0v) is 12.2. The Morgan fingerprint density at radius 1 is 1.05 bits per heavy atom. The molecular formula is C13H27NO5. The number of rotatable bonds is 10. The average molecular weight is 277 g/mol. The van der Waals surface area contributed by atoms with E-state index in [-0.39, 0.29) is 6.61 Å². The summed E-state index contributed by atoms with van der Waals surface area (Å²) < 4.78 is 15.6. The molecule has 2 N–H and O–H groups in total. The normalized spacial score (nSPS) is 11.4.